The molecule has 5 heterocycles. The Bertz CT molecular complexity index is 2480. The molecule has 0 radical (unpaired) electrons. The van der Waals surface area contributed by atoms with E-state index in [1.54, 1.807) is 24.3 Å². The van der Waals surface area contributed by atoms with Crippen LogP contribution in [0.25, 0.3) is 21.6 Å². The number of imidazole rings is 1. The van der Waals surface area contributed by atoms with Gasteiger partial charge in [-0.25, -0.2) is 33.7 Å². The predicted octanol–water partition coefficient (Wildman–Crippen LogP) is 0.292. The van der Waals surface area contributed by atoms with Gasteiger partial charge in [0.05, 0.1) is 19.5 Å². The Balaban J connectivity index is 1.10. The van der Waals surface area contributed by atoms with Crippen molar-refractivity contribution in [3.05, 3.63) is 75.7 Å². The third kappa shape index (κ3) is 12.1. The summed E-state index contributed by atoms with van der Waals surface area (Å²) in [5.74, 6) is -1.15. The second-order valence-corrected chi connectivity index (χ2v) is 16.4. The van der Waals surface area contributed by atoms with Gasteiger partial charge in [0.15, 0.2) is 23.8 Å². The number of carbonyl (C=O) groups excluding carboxylic acids is 2. The van der Waals surface area contributed by atoms with Gasteiger partial charge < -0.3 is 61.3 Å². The van der Waals surface area contributed by atoms with E-state index in [-0.39, 0.29) is 60.9 Å². The Labute approximate surface area is 353 Å². The fraction of sp³-hybridized carbons (Fsp3) is 0.469. The Morgan fingerprint density at radius 1 is 1.06 bits per heavy atom. The van der Waals surface area contributed by atoms with E-state index >= 15 is 0 Å². The number of ether oxygens (including phenoxy) is 4. The molecule has 4 aromatic rings. The van der Waals surface area contributed by atoms with Crippen LogP contribution in [0.4, 0.5) is 22.1 Å². The number of aliphatic hydroxyl groups is 1. The summed E-state index contributed by atoms with van der Waals surface area (Å²) >= 11 is 0. The van der Waals surface area contributed by atoms with E-state index in [2.05, 4.69) is 39.8 Å². The second kappa shape index (κ2) is 20.2. The molecule has 29 nitrogen and oxygen atoms in total. The molecule has 63 heavy (non-hydrogen) atoms. The first-order valence-electron chi connectivity index (χ1n) is 18.5. The number of phosphoric acid groups is 2. The molecule has 31 heteroatoms. The summed E-state index contributed by atoms with van der Waals surface area (Å²) in [6, 6.07) is 6.45. The van der Waals surface area contributed by atoms with Gasteiger partial charge in [0.25, 0.3) is 0 Å². The molecular weight excluding hydrogens is 884 g/mol. The van der Waals surface area contributed by atoms with Crippen molar-refractivity contribution in [3.8, 4) is 0 Å². The number of nitrogen functional groups attached to an aromatic ring is 2. The Morgan fingerprint density at radius 2 is 1.83 bits per heavy atom. The van der Waals surface area contributed by atoms with Crippen LogP contribution in [0, 0.1) is 0 Å². The topological polar surface area (TPSA) is 431 Å². The summed E-state index contributed by atoms with van der Waals surface area (Å²) in [6.07, 6.45) is -7.90. The second-order valence-electron chi connectivity index (χ2n) is 13.7. The Kier molecular flexibility index (Phi) is 15.1. The minimum absolute atomic E-state index is 0.00277. The summed E-state index contributed by atoms with van der Waals surface area (Å²) in [7, 11) is -10.3. The molecule has 5 unspecified atom stereocenters. The summed E-state index contributed by atoms with van der Waals surface area (Å²) in [5.41, 5.74) is 26.4. The number of aromatic nitrogens is 6. The van der Waals surface area contributed by atoms with Crippen molar-refractivity contribution in [1.82, 2.24) is 34.4 Å². The molecule has 0 spiro atoms. The number of hydrogen-bond donors (Lipinski definition) is 8. The van der Waals surface area contributed by atoms with Crippen LogP contribution < -0.4 is 28.2 Å². The Hall–Kier alpha value is -5.64. The standard InChI is InChI=1S/C32H41N13O16P2/c33-17(5-3-8-37-32(49)55-11-16-4-1-2-6-18(16)42-43-36)30(47)60-26-21(59-29(25(26)46)45-15-40-24-27(35)38-14-39-28(24)45)13-57-63(53,54)61-19-10-23(44-9-7-22(34)41-31(44)48)58-20(19)12-56-62(50,51)52/h1-2,4,6-7,9,14-15,17,19-21,23,25-26,29,46H,3,5,8,10-13,33H2,(H,37,49)(H,53,54)(H2,34,41,48)(H2,35,38,39)(H2,50,51,52)/t17-,19+,20-,21?,23-,25?,26?,29?/m1/s1. The molecule has 1 aromatic carbocycles. The predicted molar refractivity (Wildman–Crippen MR) is 210 cm³/mol. The van der Waals surface area contributed by atoms with Gasteiger partial charge in [0.2, 0.25) is 0 Å². The number of azide groups is 1. The van der Waals surface area contributed by atoms with Crippen molar-refractivity contribution in [2.75, 3.05) is 31.2 Å². The van der Waals surface area contributed by atoms with E-state index in [4.69, 9.17) is 50.7 Å². The van der Waals surface area contributed by atoms with Crippen molar-refractivity contribution >= 4 is 56.2 Å². The average Bonchev–Trinajstić information content (AvgIpc) is 3.92. The summed E-state index contributed by atoms with van der Waals surface area (Å²) in [4.78, 5) is 85.9. The highest BCUT2D eigenvalue weighted by Crippen LogP contribution is 2.50. The number of fused-ring (bicyclic) bond motifs is 1. The zero-order chi connectivity index (χ0) is 45.5. The van der Waals surface area contributed by atoms with Crippen molar-refractivity contribution < 1.29 is 71.0 Å². The molecule has 2 fully saturated rings. The van der Waals surface area contributed by atoms with Crippen LogP contribution in [-0.2, 0) is 53.1 Å². The van der Waals surface area contributed by atoms with E-state index in [0.29, 0.717) is 5.56 Å². The van der Waals surface area contributed by atoms with E-state index in [0.717, 1.165) is 10.9 Å². The highest BCUT2D eigenvalue weighted by molar-refractivity contribution is 7.47. The monoisotopic (exact) mass is 925 g/mol. The van der Waals surface area contributed by atoms with Gasteiger partial charge in [-0.15, -0.1) is 0 Å². The first-order valence-corrected chi connectivity index (χ1v) is 21.6. The number of aliphatic hydroxyl groups excluding tert-OH is 1. The summed E-state index contributed by atoms with van der Waals surface area (Å²) < 4.78 is 64.7. The fourth-order valence-corrected chi connectivity index (χ4v) is 7.73. The van der Waals surface area contributed by atoms with Crippen LogP contribution in [0.15, 0.2) is 59.1 Å². The molecule has 1 amide bonds. The number of amides is 1. The molecule has 2 aliphatic heterocycles. The first kappa shape index (κ1) is 46.9. The lowest BCUT2D eigenvalue weighted by Gasteiger charge is -2.24. The zero-order valence-corrected chi connectivity index (χ0v) is 34.3. The van der Waals surface area contributed by atoms with Crippen LogP contribution in [0.5, 0.6) is 0 Å². The number of hydrogen-bond acceptors (Lipinski definition) is 21. The third-order valence-electron chi connectivity index (χ3n) is 9.41. The van der Waals surface area contributed by atoms with Crippen LogP contribution >= 0.6 is 15.6 Å². The molecular formula is C32H41N13O16P2. The molecule has 0 saturated carbocycles. The molecule has 3 aromatic heterocycles. The number of esters is 1. The number of rotatable bonds is 19. The van der Waals surface area contributed by atoms with Gasteiger partial charge in [-0.2, -0.15) is 4.98 Å². The lowest BCUT2D eigenvalue weighted by molar-refractivity contribution is -0.158. The lowest BCUT2D eigenvalue weighted by Crippen LogP contribution is -2.43. The van der Waals surface area contributed by atoms with Crippen LogP contribution in [0.2, 0.25) is 0 Å². The highest BCUT2D eigenvalue weighted by Gasteiger charge is 2.50. The molecule has 6 rings (SSSR count). The molecule has 2 saturated heterocycles. The smallest absolute Gasteiger partial charge is 0.455 e. The number of benzene rings is 1. The van der Waals surface area contributed by atoms with E-state index in [1.807, 2.05) is 0 Å². The van der Waals surface area contributed by atoms with Gasteiger partial charge >= 0.3 is 33.4 Å². The van der Waals surface area contributed by atoms with Gasteiger partial charge in [0.1, 0.15) is 61.0 Å². The molecule has 2 aliphatic rings. The maximum absolute atomic E-state index is 13.4. The average molecular weight is 926 g/mol. The maximum atomic E-state index is 13.4. The number of nitrogens with one attached hydrogen (secondary N) is 1. The normalized spacial score (nSPS) is 23.7. The van der Waals surface area contributed by atoms with Crippen LogP contribution in [0.3, 0.4) is 0 Å². The molecule has 340 valence electrons. The number of nitrogens with two attached hydrogens (primary N) is 3. The zero-order valence-electron chi connectivity index (χ0n) is 32.5. The van der Waals surface area contributed by atoms with E-state index < -0.39 is 95.6 Å². The van der Waals surface area contributed by atoms with E-state index in [1.165, 1.54) is 23.2 Å². The van der Waals surface area contributed by atoms with Crippen molar-refractivity contribution in [3.63, 3.8) is 0 Å². The van der Waals surface area contributed by atoms with Gasteiger partial charge in [-0.3, -0.25) is 27.5 Å². The summed E-state index contributed by atoms with van der Waals surface area (Å²) in [5, 5.41) is 17.5. The minimum atomic E-state index is -5.21. The quantitative estimate of drug-likeness (QED) is 0.0156. The summed E-state index contributed by atoms with van der Waals surface area (Å²) in [6.45, 7) is -1.92. The SMILES string of the molecule is [N-]=[N+]=Nc1ccccc1COC(=O)NCCC[C@@H](N)C(=O)OC1C(COP(=O)(O)O[C@H]2C[C@H](n3ccc(N)nc3=O)O[C@@H]2COP(=O)(O)O)OC(n2cnc3c(N)ncnc32)C1O. The first-order chi connectivity index (χ1) is 29.9. The van der Waals surface area contributed by atoms with Gasteiger partial charge in [-0.05, 0) is 30.0 Å². The highest BCUT2D eigenvalue weighted by atomic mass is 31.2. The fourth-order valence-electron chi connectivity index (χ4n) is 6.43. The number of alkyl carbamates (subject to hydrolysis) is 1. The minimum Gasteiger partial charge on any atom is -0.455 e. The van der Waals surface area contributed by atoms with Crippen LogP contribution in [0.1, 0.15) is 37.3 Å². The molecule has 0 bridgehead atoms. The third-order valence-corrected chi connectivity index (χ3v) is 10.9. The maximum Gasteiger partial charge on any atom is 0.472 e. The number of anilines is 2. The molecule has 11 N–H and O–H groups in total. The molecule has 0 aliphatic carbocycles. The largest absolute Gasteiger partial charge is 0.472 e. The van der Waals surface area contributed by atoms with Crippen LogP contribution in [-0.4, -0.2) is 117 Å². The molecule has 9 atom stereocenters. The van der Waals surface area contributed by atoms with Crippen molar-refractivity contribution in [2.24, 2.45) is 10.8 Å². The van der Waals surface area contributed by atoms with Gasteiger partial charge in [-0.1, -0.05) is 29.4 Å². The Morgan fingerprint density at radius 3 is 2.57 bits per heavy atom. The lowest BCUT2D eigenvalue weighted by atomic mass is 10.1. The number of phosphoric ester groups is 2. The number of nitrogens with zero attached hydrogens (tertiary/aromatic N) is 9. The van der Waals surface area contributed by atoms with E-state index in [9.17, 15) is 43.3 Å². The van der Waals surface area contributed by atoms with Gasteiger partial charge in [0, 0.05) is 29.8 Å². The number of carbonyl (C=O) groups is 2. The van der Waals surface area contributed by atoms with Crippen molar-refractivity contribution in [2.45, 2.75) is 74.9 Å². The van der Waals surface area contributed by atoms with Crippen molar-refractivity contribution in [1.29, 1.82) is 0 Å².